The Kier molecular flexibility index (Phi) is 5.84. The third-order valence-electron chi connectivity index (χ3n) is 4.51. The second-order valence-electron chi connectivity index (χ2n) is 6.48. The summed E-state index contributed by atoms with van der Waals surface area (Å²) in [6, 6.07) is 6.13. The molecular formula is C19H20N4O4S. The van der Waals surface area contributed by atoms with Crippen LogP contribution in [0.3, 0.4) is 0 Å². The lowest BCUT2D eigenvalue weighted by Gasteiger charge is -2.17. The average Bonchev–Trinajstić information content (AvgIpc) is 3.13. The van der Waals surface area contributed by atoms with Crippen molar-refractivity contribution in [1.29, 1.82) is 0 Å². The number of carbonyl (C=O) groups excluding carboxylic acids is 1. The lowest BCUT2D eigenvalue weighted by atomic mass is 10.1. The summed E-state index contributed by atoms with van der Waals surface area (Å²) in [4.78, 5) is 42.4. The first-order chi connectivity index (χ1) is 13.4. The lowest BCUT2D eigenvalue weighted by Crippen LogP contribution is -2.34. The topological polar surface area (TPSA) is 98.3 Å². The van der Waals surface area contributed by atoms with E-state index in [1.807, 2.05) is 6.92 Å². The molecule has 0 aliphatic rings. The fourth-order valence-electron chi connectivity index (χ4n) is 2.87. The van der Waals surface area contributed by atoms with Gasteiger partial charge in [0.1, 0.15) is 11.4 Å². The van der Waals surface area contributed by atoms with Gasteiger partial charge in [0.2, 0.25) is 5.91 Å². The first-order valence-corrected chi connectivity index (χ1v) is 9.75. The van der Waals surface area contributed by atoms with Gasteiger partial charge in [-0.3, -0.25) is 24.3 Å². The van der Waals surface area contributed by atoms with Crippen LogP contribution in [-0.4, -0.2) is 38.9 Å². The van der Waals surface area contributed by atoms with E-state index in [0.29, 0.717) is 27.9 Å². The van der Waals surface area contributed by atoms with Crippen molar-refractivity contribution in [1.82, 2.24) is 14.5 Å². The van der Waals surface area contributed by atoms with Gasteiger partial charge in [-0.25, -0.2) is 4.98 Å². The fraction of sp³-hybridized carbons (Fsp3) is 0.316. The molecule has 3 aromatic rings. The van der Waals surface area contributed by atoms with Crippen LogP contribution in [0.15, 0.2) is 40.8 Å². The molecule has 2 heterocycles. The van der Waals surface area contributed by atoms with Gasteiger partial charge in [0.05, 0.1) is 16.6 Å². The Bertz CT molecular complexity index is 1090. The minimum absolute atomic E-state index is 0.0474. The van der Waals surface area contributed by atoms with Gasteiger partial charge in [0.25, 0.3) is 11.2 Å². The molecule has 3 rings (SSSR count). The van der Waals surface area contributed by atoms with Crippen LogP contribution in [0.4, 0.5) is 5.69 Å². The van der Waals surface area contributed by atoms with E-state index in [-0.39, 0.29) is 23.7 Å². The van der Waals surface area contributed by atoms with Crippen molar-refractivity contribution in [2.45, 2.75) is 26.3 Å². The maximum atomic E-state index is 13.0. The fourth-order valence-corrected chi connectivity index (χ4v) is 3.77. The smallest absolute Gasteiger partial charge is 0.270 e. The number of carbonyl (C=O) groups is 1. The van der Waals surface area contributed by atoms with Crippen molar-refractivity contribution in [3.63, 3.8) is 0 Å². The number of aromatic nitrogens is 2. The molecule has 0 N–H and O–H groups in total. The average molecular weight is 400 g/mol. The minimum atomic E-state index is -0.473. The SMILES string of the molecule is CCCCN(C)C(=O)Cn1cnc2scc(-c3cccc([N+](=O)[O-])c3)c2c1=O. The molecule has 8 nitrogen and oxygen atoms in total. The minimum Gasteiger partial charge on any atom is -0.344 e. The summed E-state index contributed by atoms with van der Waals surface area (Å²) in [5, 5.41) is 13.2. The largest absolute Gasteiger partial charge is 0.344 e. The van der Waals surface area contributed by atoms with Crippen molar-refractivity contribution in [3.05, 3.63) is 56.4 Å². The van der Waals surface area contributed by atoms with Gasteiger partial charge in [0, 0.05) is 36.7 Å². The summed E-state index contributed by atoms with van der Waals surface area (Å²) >= 11 is 1.29. The monoisotopic (exact) mass is 400 g/mol. The van der Waals surface area contributed by atoms with Gasteiger partial charge in [-0.2, -0.15) is 0 Å². The number of amides is 1. The highest BCUT2D eigenvalue weighted by molar-refractivity contribution is 7.17. The number of unbranched alkanes of at least 4 members (excludes halogenated alkanes) is 1. The van der Waals surface area contributed by atoms with Crippen LogP contribution in [-0.2, 0) is 11.3 Å². The molecule has 0 aliphatic heterocycles. The molecular weight excluding hydrogens is 380 g/mol. The molecule has 146 valence electrons. The summed E-state index contributed by atoms with van der Waals surface area (Å²) in [6.07, 6.45) is 3.26. The van der Waals surface area contributed by atoms with E-state index < -0.39 is 4.92 Å². The van der Waals surface area contributed by atoms with E-state index in [9.17, 15) is 19.7 Å². The first-order valence-electron chi connectivity index (χ1n) is 8.87. The zero-order valence-electron chi connectivity index (χ0n) is 15.6. The van der Waals surface area contributed by atoms with Gasteiger partial charge in [-0.1, -0.05) is 25.5 Å². The molecule has 0 unspecified atom stereocenters. The normalized spacial score (nSPS) is 10.9. The number of likely N-dealkylation sites (N-methyl/N-ethyl adjacent to an activating group) is 1. The Morgan fingerprint density at radius 3 is 2.89 bits per heavy atom. The lowest BCUT2D eigenvalue weighted by molar-refractivity contribution is -0.384. The summed E-state index contributed by atoms with van der Waals surface area (Å²) < 4.78 is 1.29. The highest BCUT2D eigenvalue weighted by Gasteiger charge is 2.17. The molecule has 0 radical (unpaired) electrons. The van der Waals surface area contributed by atoms with Crippen molar-refractivity contribution >= 4 is 33.1 Å². The Morgan fingerprint density at radius 2 is 2.18 bits per heavy atom. The maximum Gasteiger partial charge on any atom is 0.270 e. The summed E-state index contributed by atoms with van der Waals surface area (Å²) in [6.45, 7) is 2.59. The highest BCUT2D eigenvalue weighted by atomic mass is 32.1. The predicted molar refractivity (Wildman–Crippen MR) is 109 cm³/mol. The number of thiophene rings is 1. The Hall–Kier alpha value is -3.07. The maximum absolute atomic E-state index is 13.0. The van der Waals surface area contributed by atoms with Gasteiger partial charge >= 0.3 is 0 Å². The van der Waals surface area contributed by atoms with E-state index >= 15 is 0 Å². The van der Waals surface area contributed by atoms with Gasteiger partial charge < -0.3 is 4.90 Å². The number of rotatable bonds is 7. The van der Waals surface area contributed by atoms with Crippen molar-refractivity contribution in [2.75, 3.05) is 13.6 Å². The number of nitrogens with zero attached hydrogens (tertiary/aromatic N) is 4. The van der Waals surface area contributed by atoms with E-state index in [0.717, 1.165) is 12.8 Å². The number of fused-ring (bicyclic) bond motifs is 1. The molecule has 0 saturated carbocycles. The standard InChI is InChI=1S/C19H20N4O4S/c1-3-4-8-21(2)16(24)10-22-12-20-18-17(19(22)25)15(11-28-18)13-6-5-7-14(9-13)23(26)27/h5-7,9,11-12H,3-4,8,10H2,1-2H3. The van der Waals surface area contributed by atoms with Crippen LogP contribution >= 0.6 is 11.3 Å². The molecule has 9 heteroatoms. The zero-order chi connectivity index (χ0) is 20.3. The quantitative estimate of drug-likeness (QED) is 0.448. The van der Waals surface area contributed by atoms with Gasteiger partial charge in [-0.15, -0.1) is 11.3 Å². The summed E-state index contributed by atoms with van der Waals surface area (Å²) in [5.41, 5.74) is 0.782. The third kappa shape index (κ3) is 3.94. The van der Waals surface area contributed by atoms with Crippen LogP contribution in [0.2, 0.25) is 0 Å². The molecule has 0 atom stereocenters. The molecule has 2 aromatic heterocycles. The molecule has 28 heavy (non-hydrogen) atoms. The van der Waals surface area contributed by atoms with Crippen LogP contribution in [0, 0.1) is 10.1 Å². The Labute approximate surface area is 165 Å². The second-order valence-corrected chi connectivity index (χ2v) is 7.34. The molecule has 0 fully saturated rings. The van der Waals surface area contributed by atoms with E-state index in [2.05, 4.69) is 4.98 Å². The first kappa shape index (κ1) is 19.7. The molecule has 0 aliphatic carbocycles. The second kappa shape index (κ2) is 8.30. The molecule has 0 saturated heterocycles. The number of non-ortho nitro benzene ring substituents is 1. The number of nitro groups is 1. The Balaban J connectivity index is 1.99. The van der Waals surface area contributed by atoms with E-state index in [1.165, 1.54) is 34.4 Å². The molecule has 1 amide bonds. The summed E-state index contributed by atoms with van der Waals surface area (Å²) in [7, 11) is 1.72. The van der Waals surface area contributed by atoms with E-state index in [4.69, 9.17) is 0 Å². The van der Waals surface area contributed by atoms with Crippen LogP contribution in [0.1, 0.15) is 19.8 Å². The van der Waals surface area contributed by atoms with Crippen molar-refractivity contribution < 1.29 is 9.72 Å². The Morgan fingerprint density at radius 1 is 1.39 bits per heavy atom. The van der Waals surface area contributed by atoms with E-state index in [1.54, 1.807) is 29.5 Å². The number of hydrogen-bond acceptors (Lipinski definition) is 6. The molecule has 0 spiro atoms. The highest BCUT2D eigenvalue weighted by Crippen LogP contribution is 2.32. The van der Waals surface area contributed by atoms with Crippen LogP contribution < -0.4 is 5.56 Å². The molecule has 0 bridgehead atoms. The molecule has 1 aromatic carbocycles. The van der Waals surface area contributed by atoms with Crippen LogP contribution in [0.5, 0.6) is 0 Å². The van der Waals surface area contributed by atoms with Gasteiger partial charge in [-0.05, 0) is 12.0 Å². The zero-order valence-corrected chi connectivity index (χ0v) is 16.4. The van der Waals surface area contributed by atoms with Crippen molar-refractivity contribution in [3.8, 4) is 11.1 Å². The van der Waals surface area contributed by atoms with Crippen molar-refractivity contribution in [2.24, 2.45) is 0 Å². The summed E-state index contributed by atoms with van der Waals surface area (Å²) in [5.74, 6) is -0.163. The number of benzene rings is 1. The van der Waals surface area contributed by atoms with Gasteiger partial charge in [0.15, 0.2) is 0 Å². The predicted octanol–water partition coefficient (Wildman–Crippen LogP) is 3.29. The number of nitro benzene ring substituents is 1. The van der Waals surface area contributed by atoms with Crippen LogP contribution in [0.25, 0.3) is 21.3 Å². The third-order valence-corrected chi connectivity index (χ3v) is 5.39. The number of hydrogen-bond donors (Lipinski definition) is 0.